The van der Waals surface area contributed by atoms with Crippen LogP contribution in [0.3, 0.4) is 0 Å². The van der Waals surface area contributed by atoms with E-state index < -0.39 is 0 Å². The number of ether oxygens (including phenoxy) is 1. The number of fused-ring (bicyclic) bond motifs is 1. The van der Waals surface area contributed by atoms with E-state index in [2.05, 4.69) is 15.2 Å². The summed E-state index contributed by atoms with van der Waals surface area (Å²) in [6.45, 7) is 3.25. The Bertz CT molecular complexity index is 494. The van der Waals surface area contributed by atoms with E-state index >= 15 is 0 Å². The van der Waals surface area contributed by atoms with Gasteiger partial charge in [-0.05, 0) is 25.5 Å². The number of aromatic hydroxyl groups is 1. The minimum Gasteiger partial charge on any atom is -0.506 e. The van der Waals surface area contributed by atoms with Crippen molar-refractivity contribution in [2.75, 3.05) is 26.2 Å². The van der Waals surface area contributed by atoms with E-state index in [9.17, 15) is 9.90 Å². The molecule has 3 heterocycles. The zero-order chi connectivity index (χ0) is 13.9. The molecule has 2 atom stereocenters. The number of rotatable bonds is 3. The van der Waals surface area contributed by atoms with Crippen molar-refractivity contribution in [3.8, 4) is 5.75 Å². The SMILES string of the molecule is O=C(NCC1CN2CCCC2CO1)c1cncc(O)c1. The van der Waals surface area contributed by atoms with Crippen LogP contribution >= 0.6 is 0 Å². The Kier molecular flexibility index (Phi) is 3.84. The summed E-state index contributed by atoms with van der Waals surface area (Å²) in [5.74, 6) is -0.243. The molecule has 0 saturated carbocycles. The second kappa shape index (κ2) is 5.76. The van der Waals surface area contributed by atoms with E-state index in [0.717, 1.165) is 19.7 Å². The Morgan fingerprint density at radius 3 is 3.30 bits per heavy atom. The fourth-order valence-corrected chi connectivity index (χ4v) is 2.87. The Labute approximate surface area is 117 Å². The predicted octanol–water partition coefficient (Wildman–Crippen LogP) is 0.380. The monoisotopic (exact) mass is 277 g/mol. The zero-order valence-electron chi connectivity index (χ0n) is 11.3. The second-order valence-electron chi connectivity index (χ2n) is 5.39. The number of carbonyl (C=O) groups excluding carboxylic acids is 1. The van der Waals surface area contributed by atoms with Crippen LogP contribution in [0.1, 0.15) is 23.2 Å². The van der Waals surface area contributed by atoms with Gasteiger partial charge < -0.3 is 15.2 Å². The summed E-state index contributed by atoms with van der Waals surface area (Å²) in [6, 6.07) is 1.97. The molecular formula is C14H19N3O3. The normalized spacial score (nSPS) is 26.2. The number of nitrogens with one attached hydrogen (secondary N) is 1. The fourth-order valence-electron chi connectivity index (χ4n) is 2.87. The van der Waals surface area contributed by atoms with E-state index in [1.54, 1.807) is 0 Å². The third-order valence-electron chi connectivity index (χ3n) is 3.94. The van der Waals surface area contributed by atoms with E-state index in [1.807, 2.05) is 0 Å². The number of aromatic nitrogens is 1. The number of pyridine rings is 1. The summed E-state index contributed by atoms with van der Waals surface area (Å²) < 4.78 is 5.78. The van der Waals surface area contributed by atoms with Crippen LogP contribution in [0.2, 0.25) is 0 Å². The summed E-state index contributed by atoms with van der Waals surface area (Å²) in [5, 5.41) is 12.1. The molecule has 0 spiro atoms. The molecule has 1 aromatic heterocycles. The highest BCUT2D eigenvalue weighted by molar-refractivity contribution is 5.94. The van der Waals surface area contributed by atoms with Crippen molar-refractivity contribution in [1.29, 1.82) is 0 Å². The first kappa shape index (κ1) is 13.3. The molecule has 2 unspecified atom stereocenters. The van der Waals surface area contributed by atoms with E-state index in [1.165, 1.54) is 31.3 Å². The summed E-state index contributed by atoms with van der Waals surface area (Å²) in [4.78, 5) is 18.2. The number of nitrogens with zero attached hydrogens (tertiary/aromatic N) is 2. The zero-order valence-corrected chi connectivity index (χ0v) is 11.3. The molecular weight excluding hydrogens is 258 g/mol. The van der Waals surface area contributed by atoms with Gasteiger partial charge in [-0.2, -0.15) is 0 Å². The highest BCUT2D eigenvalue weighted by Crippen LogP contribution is 2.22. The lowest BCUT2D eigenvalue weighted by molar-refractivity contribution is -0.0461. The topological polar surface area (TPSA) is 74.7 Å². The van der Waals surface area contributed by atoms with Gasteiger partial charge in [0.25, 0.3) is 5.91 Å². The molecule has 2 aliphatic heterocycles. The van der Waals surface area contributed by atoms with Crippen LogP contribution in [0.5, 0.6) is 5.75 Å². The third kappa shape index (κ3) is 2.91. The summed E-state index contributed by atoms with van der Waals surface area (Å²) in [7, 11) is 0. The van der Waals surface area contributed by atoms with Gasteiger partial charge in [0, 0.05) is 25.3 Å². The molecule has 1 amide bonds. The molecule has 2 fully saturated rings. The molecule has 20 heavy (non-hydrogen) atoms. The number of hydrogen-bond acceptors (Lipinski definition) is 5. The Morgan fingerprint density at radius 1 is 1.55 bits per heavy atom. The molecule has 1 aromatic rings. The van der Waals surface area contributed by atoms with Crippen LogP contribution in [0.15, 0.2) is 18.5 Å². The van der Waals surface area contributed by atoms with Gasteiger partial charge >= 0.3 is 0 Å². The average molecular weight is 277 g/mol. The molecule has 3 rings (SSSR count). The lowest BCUT2D eigenvalue weighted by atomic mass is 10.2. The second-order valence-corrected chi connectivity index (χ2v) is 5.39. The highest BCUT2D eigenvalue weighted by atomic mass is 16.5. The van der Waals surface area contributed by atoms with Crippen molar-refractivity contribution in [2.45, 2.75) is 25.0 Å². The number of carbonyl (C=O) groups is 1. The van der Waals surface area contributed by atoms with E-state index in [4.69, 9.17) is 4.74 Å². The maximum atomic E-state index is 11.9. The van der Waals surface area contributed by atoms with Crippen LogP contribution in [0.25, 0.3) is 0 Å². The van der Waals surface area contributed by atoms with Crippen LogP contribution in [-0.4, -0.2) is 59.3 Å². The highest BCUT2D eigenvalue weighted by Gasteiger charge is 2.32. The molecule has 108 valence electrons. The van der Waals surface area contributed by atoms with Gasteiger partial charge in [0.2, 0.25) is 0 Å². The van der Waals surface area contributed by atoms with Gasteiger partial charge in [0.1, 0.15) is 5.75 Å². The molecule has 0 aromatic carbocycles. The van der Waals surface area contributed by atoms with Gasteiger partial charge in [-0.1, -0.05) is 0 Å². The Morgan fingerprint density at radius 2 is 2.45 bits per heavy atom. The minimum absolute atomic E-state index is 0.00789. The summed E-state index contributed by atoms with van der Waals surface area (Å²) in [6.07, 6.45) is 5.23. The van der Waals surface area contributed by atoms with Gasteiger partial charge in [0.05, 0.1) is 24.5 Å². The standard InChI is InChI=1S/C14H19N3O3/c18-12-4-10(5-15-6-12)14(19)16-7-13-8-17-3-1-2-11(17)9-20-13/h4-6,11,13,18H,1-3,7-9H2,(H,16,19). The van der Waals surface area contributed by atoms with Crippen molar-refractivity contribution < 1.29 is 14.6 Å². The molecule has 2 aliphatic rings. The lowest BCUT2D eigenvalue weighted by Crippen LogP contribution is -2.50. The number of amides is 1. The Balaban J connectivity index is 1.51. The van der Waals surface area contributed by atoms with Crippen molar-refractivity contribution in [3.05, 3.63) is 24.0 Å². The first-order valence-electron chi connectivity index (χ1n) is 7.00. The number of hydrogen-bond donors (Lipinski definition) is 2. The number of morpholine rings is 1. The smallest absolute Gasteiger partial charge is 0.253 e. The van der Waals surface area contributed by atoms with Crippen molar-refractivity contribution >= 4 is 5.91 Å². The van der Waals surface area contributed by atoms with Crippen LogP contribution in [0, 0.1) is 0 Å². The molecule has 6 heteroatoms. The van der Waals surface area contributed by atoms with Crippen molar-refractivity contribution in [2.24, 2.45) is 0 Å². The van der Waals surface area contributed by atoms with Gasteiger partial charge in [-0.3, -0.25) is 14.7 Å². The molecule has 2 N–H and O–H groups in total. The van der Waals surface area contributed by atoms with Crippen LogP contribution in [-0.2, 0) is 4.74 Å². The fraction of sp³-hybridized carbons (Fsp3) is 0.571. The van der Waals surface area contributed by atoms with Crippen LogP contribution in [0.4, 0.5) is 0 Å². The molecule has 0 radical (unpaired) electrons. The molecule has 0 bridgehead atoms. The quantitative estimate of drug-likeness (QED) is 0.835. The van der Waals surface area contributed by atoms with Crippen LogP contribution < -0.4 is 5.32 Å². The summed E-state index contributed by atoms with van der Waals surface area (Å²) >= 11 is 0. The van der Waals surface area contributed by atoms with Crippen molar-refractivity contribution in [1.82, 2.24) is 15.2 Å². The predicted molar refractivity (Wildman–Crippen MR) is 72.6 cm³/mol. The summed E-state index contributed by atoms with van der Waals surface area (Å²) in [5.41, 5.74) is 0.361. The molecule has 0 aliphatic carbocycles. The minimum atomic E-state index is -0.236. The first-order chi connectivity index (χ1) is 9.72. The maximum Gasteiger partial charge on any atom is 0.253 e. The lowest BCUT2D eigenvalue weighted by Gasteiger charge is -2.35. The molecule has 6 nitrogen and oxygen atoms in total. The van der Waals surface area contributed by atoms with E-state index in [-0.39, 0.29) is 17.8 Å². The van der Waals surface area contributed by atoms with E-state index in [0.29, 0.717) is 18.2 Å². The average Bonchev–Trinajstić information content (AvgIpc) is 2.92. The Hall–Kier alpha value is -1.66. The van der Waals surface area contributed by atoms with Crippen molar-refractivity contribution in [3.63, 3.8) is 0 Å². The largest absolute Gasteiger partial charge is 0.506 e. The first-order valence-corrected chi connectivity index (χ1v) is 7.00. The maximum absolute atomic E-state index is 11.9. The third-order valence-corrected chi connectivity index (χ3v) is 3.94. The van der Waals surface area contributed by atoms with Gasteiger partial charge in [0.15, 0.2) is 0 Å². The van der Waals surface area contributed by atoms with Gasteiger partial charge in [-0.15, -0.1) is 0 Å². The molecule has 2 saturated heterocycles. The van der Waals surface area contributed by atoms with Gasteiger partial charge in [-0.25, -0.2) is 0 Å².